The van der Waals surface area contributed by atoms with Crippen LogP contribution in [0.5, 0.6) is 0 Å². The summed E-state index contributed by atoms with van der Waals surface area (Å²) in [5, 5.41) is 0.725. The van der Waals surface area contributed by atoms with E-state index in [0.29, 0.717) is 6.42 Å². The summed E-state index contributed by atoms with van der Waals surface area (Å²) in [6.07, 6.45) is 3.49. The van der Waals surface area contributed by atoms with E-state index >= 15 is 0 Å². The highest BCUT2D eigenvalue weighted by atomic mass is 35.5. The minimum Gasteiger partial charge on any atom is -0.331 e. The molecule has 0 unspecified atom stereocenters. The van der Waals surface area contributed by atoms with E-state index in [-0.39, 0.29) is 11.9 Å². The van der Waals surface area contributed by atoms with Crippen LogP contribution in [0.15, 0.2) is 48.5 Å². The second kappa shape index (κ2) is 7.18. The van der Waals surface area contributed by atoms with Crippen LogP contribution in [0.3, 0.4) is 0 Å². The van der Waals surface area contributed by atoms with E-state index in [1.165, 1.54) is 11.1 Å². The second-order valence-corrected chi connectivity index (χ2v) is 6.47. The molecule has 1 amide bonds. The van der Waals surface area contributed by atoms with Crippen LogP contribution in [0.4, 0.5) is 0 Å². The molecule has 0 aromatic heterocycles. The summed E-state index contributed by atoms with van der Waals surface area (Å²) in [6.45, 7) is 2.87. The van der Waals surface area contributed by atoms with Gasteiger partial charge in [-0.1, -0.05) is 67.4 Å². The molecule has 2 aromatic carbocycles. The molecule has 0 radical (unpaired) electrons. The number of halogens is 1. The Morgan fingerprint density at radius 3 is 2.57 bits per heavy atom. The Labute approximate surface area is 143 Å². The molecule has 1 heterocycles. The molecule has 2 nitrogen and oxygen atoms in total. The van der Waals surface area contributed by atoms with E-state index in [4.69, 9.17) is 11.6 Å². The van der Waals surface area contributed by atoms with E-state index in [2.05, 4.69) is 25.1 Å². The van der Waals surface area contributed by atoms with Gasteiger partial charge in [0.15, 0.2) is 0 Å². The van der Waals surface area contributed by atoms with Gasteiger partial charge in [-0.05, 0) is 35.6 Å². The normalized spacial score (nSPS) is 17.0. The van der Waals surface area contributed by atoms with E-state index < -0.39 is 0 Å². The SMILES string of the molecule is CCCCC(=O)N1CCc2ccccc2[C@H]1c1ccccc1Cl. The molecule has 1 aliphatic heterocycles. The predicted octanol–water partition coefficient (Wildman–Crippen LogP) is 5.00. The third kappa shape index (κ3) is 3.28. The van der Waals surface area contributed by atoms with Gasteiger partial charge in [-0.2, -0.15) is 0 Å². The molecule has 3 rings (SSSR count). The van der Waals surface area contributed by atoms with Gasteiger partial charge in [0.2, 0.25) is 5.91 Å². The molecule has 0 N–H and O–H groups in total. The Hall–Kier alpha value is -1.80. The zero-order valence-electron chi connectivity index (χ0n) is 13.5. The fraction of sp³-hybridized carbons (Fsp3) is 0.350. The van der Waals surface area contributed by atoms with Crippen molar-refractivity contribution in [3.63, 3.8) is 0 Å². The number of carbonyl (C=O) groups excluding carboxylic acids is 1. The molecule has 3 heteroatoms. The topological polar surface area (TPSA) is 20.3 Å². The first-order valence-electron chi connectivity index (χ1n) is 8.34. The first kappa shape index (κ1) is 16.1. The van der Waals surface area contributed by atoms with Crippen molar-refractivity contribution in [2.45, 2.75) is 38.6 Å². The van der Waals surface area contributed by atoms with Gasteiger partial charge in [-0.25, -0.2) is 0 Å². The highest BCUT2D eigenvalue weighted by Gasteiger charge is 2.32. The summed E-state index contributed by atoms with van der Waals surface area (Å²) in [5.74, 6) is 0.228. The molecule has 0 fully saturated rings. The van der Waals surface area contributed by atoms with E-state index in [1.54, 1.807) is 0 Å². The van der Waals surface area contributed by atoms with Gasteiger partial charge in [0.1, 0.15) is 0 Å². The molecule has 0 saturated heterocycles. The molecule has 1 aliphatic rings. The van der Waals surface area contributed by atoms with E-state index in [0.717, 1.165) is 36.4 Å². The quantitative estimate of drug-likeness (QED) is 0.773. The summed E-state index contributed by atoms with van der Waals surface area (Å²) < 4.78 is 0. The minimum atomic E-state index is -0.0713. The maximum absolute atomic E-state index is 12.7. The van der Waals surface area contributed by atoms with Gasteiger partial charge in [-0.15, -0.1) is 0 Å². The lowest BCUT2D eigenvalue weighted by Gasteiger charge is -2.38. The van der Waals surface area contributed by atoms with Crippen LogP contribution in [-0.2, 0) is 11.2 Å². The van der Waals surface area contributed by atoms with Gasteiger partial charge in [0.25, 0.3) is 0 Å². The number of fused-ring (bicyclic) bond motifs is 1. The largest absolute Gasteiger partial charge is 0.331 e. The third-order valence-corrected chi connectivity index (χ3v) is 4.89. The van der Waals surface area contributed by atoms with Gasteiger partial charge >= 0.3 is 0 Å². The van der Waals surface area contributed by atoms with Crippen molar-refractivity contribution in [2.75, 3.05) is 6.54 Å². The fourth-order valence-corrected chi connectivity index (χ4v) is 3.58. The number of hydrogen-bond donors (Lipinski definition) is 0. The number of nitrogens with zero attached hydrogens (tertiary/aromatic N) is 1. The molecule has 0 saturated carbocycles. The molecular formula is C20H22ClNO. The number of amides is 1. The molecule has 23 heavy (non-hydrogen) atoms. The highest BCUT2D eigenvalue weighted by Crippen LogP contribution is 2.38. The van der Waals surface area contributed by atoms with Crippen molar-refractivity contribution < 1.29 is 4.79 Å². The van der Waals surface area contributed by atoms with Crippen LogP contribution in [0.2, 0.25) is 5.02 Å². The second-order valence-electron chi connectivity index (χ2n) is 6.06. The lowest BCUT2D eigenvalue weighted by molar-refractivity contribution is -0.133. The van der Waals surface area contributed by atoms with Crippen LogP contribution in [0.1, 0.15) is 48.9 Å². The number of benzene rings is 2. The van der Waals surface area contributed by atoms with Crippen molar-refractivity contribution >= 4 is 17.5 Å². The maximum Gasteiger partial charge on any atom is 0.223 e. The zero-order valence-corrected chi connectivity index (χ0v) is 14.2. The van der Waals surface area contributed by atoms with Crippen LogP contribution in [0.25, 0.3) is 0 Å². The predicted molar refractivity (Wildman–Crippen MR) is 94.7 cm³/mol. The standard InChI is InChI=1S/C20H22ClNO/c1-2-3-12-19(23)22-14-13-15-8-4-5-9-16(15)20(22)17-10-6-7-11-18(17)21/h4-11,20H,2-3,12-14H2,1H3/t20-/m0/s1. The summed E-state index contributed by atoms with van der Waals surface area (Å²) in [6, 6.07) is 16.2. The smallest absolute Gasteiger partial charge is 0.223 e. The Balaban J connectivity index is 2.04. The van der Waals surface area contributed by atoms with E-state index in [9.17, 15) is 4.79 Å². The first-order valence-corrected chi connectivity index (χ1v) is 8.72. The Morgan fingerprint density at radius 2 is 1.83 bits per heavy atom. The van der Waals surface area contributed by atoms with Crippen molar-refractivity contribution in [3.8, 4) is 0 Å². The fourth-order valence-electron chi connectivity index (χ4n) is 3.34. The monoisotopic (exact) mass is 327 g/mol. The average Bonchev–Trinajstić information content (AvgIpc) is 2.59. The van der Waals surface area contributed by atoms with Gasteiger partial charge in [-0.3, -0.25) is 4.79 Å². The van der Waals surface area contributed by atoms with Crippen molar-refractivity contribution in [3.05, 3.63) is 70.2 Å². The van der Waals surface area contributed by atoms with Crippen LogP contribution >= 0.6 is 11.6 Å². The third-order valence-electron chi connectivity index (χ3n) is 4.55. The first-order chi connectivity index (χ1) is 11.2. The minimum absolute atomic E-state index is 0.0713. The van der Waals surface area contributed by atoms with Crippen LogP contribution in [-0.4, -0.2) is 17.4 Å². The van der Waals surface area contributed by atoms with Crippen LogP contribution in [0, 0.1) is 0 Å². The molecule has 1 atom stereocenters. The molecule has 0 aliphatic carbocycles. The Bertz CT molecular complexity index is 698. The highest BCUT2D eigenvalue weighted by molar-refractivity contribution is 6.31. The summed E-state index contributed by atoms with van der Waals surface area (Å²) in [7, 11) is 0. The molecular weight excluding hydrogens is 306 g/mol. The molecule has 0 bridgehead atoms. The van der Waals surface area contributed by atoms with E-state index in [1.807, 2.05) is 35.2 Å². The number of rotatable bonds is 4. The van der Waals surface area contributed by atoms with Gasteiger partial charge in [0, 0.05) is 18.0 Å². The average molecular weight is 328 g/mol. The molecule has 120 valence electrons. The van der Waals surface area contributed by atoms with Gasteiger partial charge < -0.3 is 4.90 Å². The number of unbranched alkanes of at least 4 members (excludes halogenated alkanes) is 1. The summed E-state index contributed by atoms with van der Waals surface area (Å²) in [5.41, 5.74) is 3.54. The number of carbonyl (C=O) groups is 1. The zero-order chi connectivity index (χ0) is 16.2. The number of hydrogen-bond acceptors (Lipinski definition) is 1. The Kier molecular flexibility index (Phi) is 5.02. The van der Waals surface area contributed by atoms with Crippen molar-refractivity contribution in [1.82, 2.24) is 4.90 Å². The lowest BCUT2D eigenvalue weighted by Crippen LogP contribution is -2.40. The molecule has 2 aromatic rings. The van der Waals surface area contributed by atoms with Crippen molar-refractivity contribution in [1.29, 1.82) is 0 Å². The van der Waals surface area contributed by atoms with Crippen LogP contribution < -0.4 is 0 Å². The van der Waals surface area contributed by atoms with Crippen molar-refractivity contribution in [2.24, 2.45) is 0 Å². The Morgan fingerprint density at radius 1 is 1.13 bits per heavy atom. The maximum atomic E-state index is 12.7. The lowest BCUT2D eigenvalue weighted by atomic mass is 9.88. The summed E-state index contributed by atoms with van der Waals surface area (Å²) in [4.78, 5) is 14.8. The summed E-state index contributed by atoms with van der Waals surface area (Å²) >= 11 is 6.46. The van der Waals surface area contributed by atoms with Gasteiger partial charge in [0.05, 0.1) is 6.04 Å². The molecule has 0 spiro atoms.